The van der Waals surface area contributed by atoms with Crippen LogP contribution in [0.1, 0.15) is 77.6 Å². The number of aromatic nitrogens is 1. The van der Waals surface area contributed by atoms with E-state index in [1.807, 2.05) is 24.3 Å². The molecule has 2 aliphatic rings. The fraction of sp³-hybridized carbons (Fsp3) is 0.455. The van der Waals surface area contributed by atoms with E-state index in [1.54, 1.807) is 0 Å². The third kappa shape index (κ3) is 6.37. The number of hydrogen-bond donors (Lipinski definition) is 1. The molecule has 2 amide bonds. The van der Waals surface area contributed by atoms with Gasteiger partial charge in [0, 0.05) is 42.2 Å². The topological polar surface area (TPSA) is 63.6 Å². The zero-order chi connectivity index (χ0) is 27.0. The van der Waals surface area contributed by atoms with Gasteiger partial charge in [0.05, 0.1) is 30.9 Å². The van der Waals surface area contributed by atoms with Gasteiger partial charge >= 0.3 is 0 Å². The number of ether oxygens (including phenoxy) is 1. The average Bonchev–Trinajstić information content (AvgIpc) is 3.46. The van der Waals surface area contributed by atoms with Crippen molar-refractivity contribution in [3.05, 3.63) is 71.4 Å². The van der Waals surface area contributed by atoms with Crippen LogP contribution in [0.5, 0.6) is 0 Å². The van der Waals surface area contributed by atoms with Gasteiger partial charge in [-0.25, -0.2) is 0 Å². The minimum Gasteiger partial charge on any atom is -0.377 e. The van der Waals surface area contributed by atoms with Crippen molar-refractivity contribution in [2.75, 3.05) is 19.8 Å². The molecule has 39 heavy (non-hydrogen) atoms. The molecule has 204 valence electrons. The van der Waals surface area contributed by atoms with Gasteiger partial charge in [0.2, 0.25) is 0 Å². The minimum atomic E-state index is -0.0200. The SMILES string of the molecule is C#CCCCCCNC(=O)c1ccc(CCCCn2cc(C(=O)N3C4CCC3COC4)c3ccccc32)cc1. The maximum atomic E-state index is 13.6. The van der Waals surface area contributed by atoms with Gasteiger partial charge < -0.3 is 19.5 Å². The fourth-order valence-electron chi connectivity index (χ4n) is 5.97. The highest BCUT2D eigenvalue weighted by molar-refractivity contribution is 6.07. The van der Waals surface area contributed by atoms with Gasteiger partial charge in [0.1, 0.15) is 0 Å². The Hall–Kier alpha value is -3.56. The predicted octanol–water partition coefficient (Wildman–Crippen LogP) is 5.59. The highest BCUT2D eigenvalue weighted by Crippen LogP contribution is 2.32. The van der Waals surface area contributed by atoms with Crippen molar-refractivity contribution in [3.8, 4) is 12.3 Å². The zero-order valence-electron chi connectivity index (χ0n) is 22.7. The van der Waals surface area contributed by atoms with Crippen LogP contribution in [0, 0.1) is 12.3 Å². The molecule has 1 N–H and O–H groups in total. The summed E-state index contributed by atoms with van der Waals surface area (Å²) in [6, 6.07) is 16.6. The molecule has 3 heterocycles. The summed E-state index contributed by atoms with van der Waals surface area (Å²) in [4.78, 5) is 28.1. The number of carbonyl (C=O) groups is 2. The maximum Gasteiger partial charge on any atom is 0.256 e. The average molecular weight is 526 g/mol. The van der Waals surface area contributed by atoms with Crippen LogP contribution in [0.15, 0.2) is 54.7 Å². The first-order valence-corrected chi connectivity index (χ1v) is 14.4. The van der Waals surface area contributed by atoms with Crippen molar-refractivity contribution in [2.45, 2.75) is 76.4 Å². The largest absolute Gasteiger partial charge is 0.377 e. The smallest absolute Gasteiger partial charge is 0.256 e. The normalized spacial score (nSPS) is 18.3. The second kappa shape index (κ2) is 13.0. The second-order valence-corrected chi connectivity index (χ2v) is 10.8. The molecule has 2 fully saturated rings. The molecule has 1 aromatic heterocycles. The monoisotopic (exact) mass is 525 g/mol. The first-order valence-electron chi connectivity index (χ1n) is 14.4. The Kier molecular flexibility index (Phi) is 9.00. The number of unbranched alkanes of at least 4 members (excludes halogenated alkanes) is 4. The molecule has 0 spiro atoms. The van der Waals surface area contributed by atoms with E-state index in [2.05, 4.69) is 51.2 Å². The summed E-state index contributed by atoms with van der Waals surface area (Å²) < 4.78 is 7.93. The third-order valence-corrected chi connectivity index (χ3v) is 8.11. The van der Waals surface area contributed by atoms with Crippen LogP contribution < -0.4 is 5.32 Å². The summed E-state index contributed by atoms with van der Waals surface area (Å²) >= 11 is 0. The van der Waals surface area contributed by atoms with Crippen molar-refractivity contribution >= 4 is 22.7 Å². The Labute approximate surface area is 231 Å². The highest BCUT2D eigenvalue weighted by Gasteiger charge is 2.41. The summed E-state index contributed by atoms with van der Waals surface area (Å²) in [5.74, 6) is 2.77. The van der Waals surface area contributed by atoms with E-state index in [9.17, 15) is 9.59 Å². The van der Waals surface area contributed by atoms with Gasteiger partial charge in [-0.1, -0.05) is 36.8 Å². The molecule has 2 unspecified atom stereocenters. The van der Waals surface area contributed by atoms with E-state index in [4.69, 9.17) is 11.2 Å². The predicted molar refractivity (Wildman–Crippen MR) is 155 cm³/mol. The van der Waals surface area contributed by atoms with Crippen molar-refractivity contribution < 1.29 is 14.3 Å². The van der Waals surface area contributed by atoms with Crippen LogP contribution in [-0.4, -0.2) is 53.1 Å². The number of benzene rings is 2. The Bertz CT molecular complexity index is 1300. The molecule has 2 saturated heterocycles. The number of para-hydroxylation sites is 1. The van der Waals surface area contributed by atoms with Crippen molar-refractivity contribution in [2.24, 2.45) is 0 Å². The number of morpholine rings is 1. The lowest BCUT2D eigenvalue weighted by Crippen LogP contribution is -2.49. The lowest BCUT2D eigenvalue weighted by molar-refractivity contribution is -0.00706. The van der Waals surface area contributed by atoms with Crippen LogP contribution in [-0.2, 0) is 17.7 Å². The van der Waals surface area contributed by atoms with E-state index in [0.29, 0.717) is 25.3 Å². The molecule has 0 radical (unpaired) electrons. The molecule has 6 nitrogen and oxygen atoms in total. The lowest BCUT2D eigenvalue weighted by atomic mass is 10.1. The summed E-state index contributed by atoms with van der Waals surface area (Å²) in [6.07, 6.45) is 16.2. The number of nitrogens with one attached hydrogen (secondary N) is 1. The van der Waals surface area contributed by atoms with Crippen LogP contribution >= 0.6 is 0 Å². The molecule has 0 aliphatic carbocycles. The number of aryl methyl sites for hydroxylation is 2. The fourth-order valence-corrected chi connectivity index (χ4v) is 5.97. The summed E-state index contributed by atoms with van der Waals surface area (Å²) in [5, 5.41) is 4.03. The van der Waals surface area contributed by atoms with Crippen LogP contribution in [0.4, 0.5) is 0 Å². The van der Waals surface area contributed by atoms with Gasteiger partial charge in [-0.05, 0) is 68.7 Å². The summed E-state index contributed by atoms with van der Waals surface area (Å²) in [6.45, 7) is 2.85. The van der Waals surface area contributed by atoms with E-state index >= 15 is 0 Å². The number of rotatable bonds is 12. The van der Waals surface area contributed by atoms with E-state index < -0.39 is 0 Å². The zero-order valence-corrected chi connectivity index (χ0v) is 22.7. The van der Waals surface area contributed by atoms with Crippen molar-refractivity contribution in [1.82, 2.24) is 14.8 Å². The molecule has 2 bridgehead atoms. The molecule has 0 saturated carbocycles. The Morgan fingerprint density at radius 2 is 1.72 bits per heavy atom. The first-order chi connectivity index (χ1) is 19.2. The van der Waals surface area contributed by atoms with Gasteiger partial charge in [-0.15, -0.1) is 12.3 Å². The van der Waals surface area contributed by atoms with Gasteiger partial charge in [-0.3, -0.25) is 9.59 Å². The number of terminal acetylenes is 1. The molecule has 2 aromatic carbocycles. The number of hydrogen-bond acceptors (Lipinski definition) is 3. The van der Waals surface area contributed by atoms with Gasteiger partial charge in [0.15, 0.2) is 0 Å². The number of nitrogens with zero attached hydrogens (tertiary/aromatic N) is 2. The molecule has 2 aliphatic heterocycles. The Morgan fingerprint density at radius 1 is 0.949 bits per heavy atom. The molecule has 6 heteroatoms. The molecule has 2 atom stereocenters. The lowest BCUT2D eigenvalue weighted by Gasteiger charge is -2.34. The summed E-state index contributed by atoms with van der Waals surface area (Å²) in [5.41, 5.74) is 3.86. The molecule has 5 rings (SSSR count). The summed E-state index contributed by atoms with van der Waals surface area (Å²) in [7, 11) is 0. The second-order valence-electron chi connectivity index (χ2n) is 10.8. The van der Waals surface area contributed by atoms with Gasteiger partial charge in [-0.2, -0.15) is 0 Å². The van der Waals surface area contributed by atoms with E-state index in [1.165, 1.54) is 5.56 Å². The maximum absolute atomic E-state index is 13.6. The number of carbonyl (C=O) groups excluding carboxylic acids is 2. The van der Waals surface area contributed by atoms with Crippen LogP contribution in [0.3, 0.4) is 0 Å². The van der Waals surface area contributed by atoms with Crippen LogP contribution in [0.2, 0.25) is 0 Å². The quantitative estimate of drug-likeness (QED) is 0.248. The Balaban J connectivity index is 1.12. The number of fused-ring (bicyclic) bond motifs is 3. The van der Waals surface area contributed by atoms with Crippen LogP contribution in [0.25, 0.3) is 10.9 Å². The minimum absolute atomic E-state index is 0.0200. The highest BCUT2D eigenvalue weighted by atomic mass is 16.5. The van der Waals surface area contributed by atoms with Gasteiger partial charge in [0.25, 0.3) is 11.8 Å². The standard InChI is InChI=1S/C33H39N3O3/c1-2-3-4-5-9-20-34-32(37)26-16-14-25(15-17-26)11-8-10-21-35-22-30(29-12-6-7-13-31(29)35)33(38)36-27-18-19-28(36)24-39-23-27/h1,6-7,12-17,22,27-28H,3-5,8-11,18-21,23-24H2,(H,34,37). The van der Waals surface area contributed by atoms with E-state index in [0.717, 1.165) is 80.8 Å². The number of amides is 2. The van der Waals surface area contributed by atoms with Crippen molar-refractivity contribution in [1.29, 1.82) is 0 Å². The third-order valence-electron chi connectivity index (χ3n) is 8.11. The molecular formula is C33H39N3O3. The Morgan fingerprint density at radius 3 is 2.49 bits per heavy atom. The first kappa shape index (κ1) is 27.0. The van der Waals surface area contributed by atoms with E-state index in [-0.39, 0.29) is 23.9 Å². The molecular weight excluding hydrogens is 486 g/mol. The molecule has 3 aromatic rings. The van der Waals surface area contributed by atoms with Crippen molar-refractivity contribution in [3.63, 3.8) is 0 Å².